The summed E-state index contributed by atoms with van der Waals surface area (Å²) in [6.07, 6.45) is 6.17. The van der Waals surface area contributed by atoms with Crippen molar-refractivity contribution in [2.45, 2.75) is 44.6 Å². The SMILES string of the molecule is CC1=CCC(O)(CCCO)CC1. The zero-order valence-electron chi connectivity index (χ0n) is 7.71. The molecule has 2 N–H and O–H groups in total. The highest BCUT2D eigenvalue weighted by atomic mass is 16.3. The van der Waals surface area contributed by atoms with Crippen molar-refractivity contribution >= 4 is 0 Å². The number of aliphatic hydroxyl groups excluding tert-OH is 1. The van der Waals surface area contributed by atoms with Crippen LogP contribution < -0.4 is 0 Å². The summed E-state index contributed by atoms with van der Waals surface area (Å²) in [5.41, 5.74) is 0.853. The highest BCUT2D eigenvalue weighted by molar-refractivity contribution is 5.07. The molecule has 0 amide bonds. The first-order chi connectivity index (χ1) is 5.66. The molecule has 0 fully saturated rings. The Morgan fingerprint density at radius 1 is 1.58 bits per heavy atom. The minimum Gasteiger partial charge on any atom is -0.396 e. The molecule has 0 aromatic carbocycles. The van der Waals surface area contributed by atoms with Gasteiger partial charge in [-0.2, -0.15) is 0 Å². The van der Waals surface area contributed by atoms with E-state index in [4.69, 9.17) is 5.11 Å². The van der Waals surface area contributed by atoms with E-state index < -0.39 is 5.60 Å². The molecular formula is C10H18O2. The normalized spacial score (nSPS) is 30.1. The smallest absolute Gasteiger partial charge is 0.0686 e. The maximum Gasteiger partial charge on any atom is 0.0686 e. The Kier molecular flexibility index (Phi) is 3.29. The number of aliphatic hydroxyl groups is 2. The Hall–Kier alpha value is -0.340. The Balaban J connectivity index is 2.40. The minimum atomic E-state index is -0.526. The van der Waals surface area contributed by atoms with Crippen LogP contribution in [0.15, 0.2) is 11.6 Å². The van der Waals surface area contributed by atoms with E-state index in [1.807, 2.05) is 0 Å². The van der Waals surface area contributed by atoms with Gasteiger partial charge in [0.25, 0.3) is 0 Å². The summed E-state index contributed by atoms with van der Waals surface area (Å²) in [6, 6.07) is 0. The van der Waals surface area contributed by atoms with Crippen LogP contribution in [-0.4, -0.2) is 22.4 Å². The quantitative estimate of drug-likeness (QED) is 0.632. The molecule has 0 saturated heterocycles. The fraction of sp³-hybridized carbons (Fsp3) is 0.800. The number of rotatable bonds is 3. The summed E-state index contributed by atoms with van der Waals surface area (Å²) >= 11 is 0. The summed E-state index contributed by atoms with van der Waals surface area (Å²) in [6.45, 7) is 2.29. The highest BCUT2D eigenvalue weighted by Gasteiger charge is 2.27. The Bertz CT molecular complexity index is 175. The molecule has 70 valence electrons. The molecule has 1 atom stereocenters. The van der Waals surface area contributed by atoms with Gasteiger partial charge in [-0.1, -0.05) is 11.6 Å². The fourth-order valence-electron chi connectivity index (χ4n) is 1.63. The van der Waals surface area contributed by atoms with E-state index in [-0.39, 0.29) is 6.61 Å². The lowest BCUT2D eigenvalue weighted by atomic mass is 9.83. The maximum atomic E-state index is 9.96. The monoisotopic (exact) mass is 170 g/mol. The van der Waals surface area contributed by atoms with Gasteiger partial charge >= 0.3 is 0 Å². The van der Waals surface area contributed by atoms with Crippen LogP contribution >= 0.6 is 0 Å². The van der Waals surface area contributed by atoms with Crippen LogP contribution in [0.1, 0.15) is 39.0 Å². The first kappa shape index (κ1) is 9.75. The molecule has 2 nitrogen and oxygen atoms in total. The molecule has 1 aliphatic rings. The topological polar surface area (TPSA) is 40.5 Å². The van der Waals surface area contributed by atoms with Gasteiger partial charge in [-0.25, -0.2) is 0 Å². The van der Waals surface area contributed by atoms with Crippen molar-refractivity contribution in [2.75, 3.05) is 6.61 Å². The fourth-order valence-corrected chi connectivity index (χ4v) is 1.63. The van der Waals surface area contributed by atoms with E-state index in [2.05, 4.69) is 13.0 Å². The number of allylic oxidation sites excluding steroid dienone is 1. The predicted octanol–water partition coefficient (Wildman–Crippen LogP) is 1.62. The minimum absolute atomic E-state index is 0.186. The third-order valence-electron chi connectivity index (χ3n) is 2.62. The van der Waals surface area contributed by atoms with Crippen LogP contribution in [0.5, 0.6) is 0 Å². The Morgan fingerprint density at radius 2 is 2.33 bits per heavy atom. The molecule has 0 bridgehead atoms. The Morgan fingerprint density at radius 3 is 2.83 bits per heavy atom. The van der Waals surface area contributed by atoms with Crippen LogP contribution in [0, 0.1) is 0 Å². The molecule has 0 radical (unpaired) electrons. The van der Waals surface area contributed by atoms with E-state index in [1.165, 1.54) is 5.57 Å². The van der Waals surface area contributed by atoms with E-state index >= 15 is 0 Å². The third kappa shape index (κ3) is 2.61. The lowest BCUT2D eigenvalue weighted by molar-refractivity contribution is 0.0154. The molecule has 0 heterocycles. The van der Waals surface area contributed by atoms with Crippen LogP contribution in [0.4, 0.5) is 0 Å². The second kappa shape index (κ2) is 4.06. The van der Waals surface area contributed by atoms with Crippen LogP contribution in [0.2, 0.25) is 0 Å². The molecule has 0 spiro atoms. The van der Waals surface area contributed by atoms with Crippen LogP contribution in [0.25, 0.3) is 0 Å². The average molecular weight is 170 g/mol. The van der Waals surface area contributed by atoms with Gasteiger partial charge in [-0.3, -0.25) is 0 Å². The summed E-state index contributed by atoms with van der Waals surface area (Å²) in [5.74, 6) is 0. The van der Waals surface area contributed by atoms with Gasteiger partial charge in [0, 0.05) is 6.61 Å². The van der Waals surface area contributed by atoms with E-state index in [0.29, 0.717) is 6.42 Å². The largest absolute Gasteiger partial charge is 0.396 e. The maximum absolute atomic E-state index is 9.96. The molecule has 0 aromatic heterocycles. The lowest BCUT2D eigenvalue weighted by Crippen LogP contribution is -2.30. The first-order valence-corrected chi connectivity index (χ1v) is 4.65. The summed E-state index contributed by atoms with van der Waals surface area (Å²) in [4.78, 5) is 0. The van der Waals surface area contributed by atoms with Crippen LogP contribution in [0.3, 0.4) is 0 Å². The van der Waals surface area contributed by atoms with Crippen molar-refractivity contribution < 1.29 is 10.2 Å². The third-order valence-corrected chi connectivity index (χ3v) is 2.62. The van der Waals surface area contributed by atoms with E-state index in [9.17, 15) is 5.11 Å². The van der Waals surface area contributed by atoms with Crippen molar-refractivity contribution in [3.05, 3.63) is 11.6 Å². The lowest BCUT2D eigenvalue weighted by Gasteiger charge is -2.30. The van der Waals surface area contributed by atoms with E-state index in [0.717, 1.165) is 25.7 Å². The molecule has 1 aliphatic carbocycles. The van der Waals surface area contributed by atoms with Crippen molar-refractivity contribution in [1.82, 2.24) is 0 Å². The molecule has 1 rings (SSSR count). The molecule has 1 unspecified atom stereocenters. The van der Waals surface area contributed by atoms with Gasteiger partial charge in [0.2, 0.25) is 0 Å². The second-order valence-electron chi connectivity index (χ2n) is 3.81. The van der Waals surface area contributed by atoms with Crippen molar-refractivity contribution in [2.24, 2.45) is 0 Å². The highest BCUT2D eigenvalue weighted by Crippen LogP contribution is 2.30. The van der Waals surface area contributed by atoms with Gasteiger partial charge in [0.05, 0.1) is 5.60 Å². The molecule has 2 heteroatoms. The summed E-state index contributed by atoms with van der Waals surface area (Å²) in [7, 11) is 0. The first-order valence-electron chi connectivity index (χ1n) is 4.65. The molecule has 12 heavy (non-hydrogen) atoms. The van der Waals surface area contributed by atoms with Gasteiger partial charge in [-0.05, 0) is 39.0 Å². The summed E-state index contributed by atoms with van der Waals surface area (Å²) < 4.78 is 0. The molecule has 0 aliphatic heterocycles. The van der Waals surface area contributed by atoms with Gasteiger partial charge in [0.15, 0.2) is 0 Å². The van der Waals surface area contributed by atoms with Gasteiger partial charge in [-0.15, -0.1) is 0 Å². The number of hydrogen-bond acceptors (Lipinski definition) is 2. The molecule has 0 aromatic rings. The molecular weight excluding hydrogens is 152 g/mol. The average Bonchev–Trinajstić information content (AvgIpc) is 2.08. The van der Waals surface area contributed by atoms with Crippen LogP contribution in [-0.2, 0) is 0 Å². The van der Waals surface area contributed by atoms with Gasteiger partial charge in [0.1, 0.15) is 0 Å². The second-order valence-corrected chi connectivity index (χ2v) is 3.81. The summed E-state index contributed by atoms with van der Waals surface area (Å²) in [5, 5.41) is 18.6. The zero-order chi connectivity index (χ0) is 9.03. The van der Waals surface area contributed by atoms with Crippen molar-refractivity contribution in [1.29, 1.82) is 0 Å². The predicted molar refractivity (Wildman–Crippen MR) is 48.9 cm³/mol. The standard InChI is InChI=1S/C10H18O2/c1-9-3-6-10(12,7-4-9)5-2-8-11/h3,11-12H,2,4-8H2,1H3. The zero-order valence-corrected chi connectivity index (χ0v) is 7.71. The molecule has 0 saturated carbocycles. The van der Waals surface area contributed by atoms with Crippen molar-refractivity contribution in [3.8, 4) is 0 Å². The number of hydrogen-bond donors (Lipinski definition) is 2. The Labute approximate surface area is 73.9 Å². The van der Waals surface area contributed by atoms with Gasteiger partial charge < -0.3 is 10.2 Å². The van der Waals surface area contributed by atoms with Crippen molar-refractivity contribution in [3.63, 3.8) is 0 Å². The van der Waals surface area contributed by atoms with E-state index in [1.54, 1.807) is 0 Å².